The highest BCUT2D eigenvalue weighted by Gasteiger charge is 2.49. The average molecular weight is 578 g/mol. The number of nitrogens with zero attached hydrogens (tertiary/aromatic N) is 1. The Morgan fingerprint density at radius 1 is 0.976 bits per heavy atom. The molecule has 0 radical (unpaired) electrons. The van der Waals surface area contributed by atoms with E-state index >= 15 is 0 Å². The second-order valence-electron chi connectivity index (χ2n) is 10.6. The van der Waals surface area contributed by atoms with Crippen LogP contribution in [0.15, 0.2) is 72.8 Å². The SMILES string of the molecule is Cc1c(O)cccc1C(=O)N[C@@H](Cc1ccccc1)[C@H](O)C(=O)N1CSC(C)(C)[C@H]1C(=O)NCc1ccccc1O. The lowest BCUT2D eigenvalue weighted by Crippen LogP contribution is -2.58. The Kier molecular flexibility index (Phi) is 9.25. The highest BCUT2D eigenvalue weighted by Crippen LogP contribution is 2.40. The van der Waals surface area contributed by atoms with Gasteiger partial charge in [0, 0.05) is 28.0 Å². The second-order valence-corrected chi connectivity index (χ2v) is 12.2. The maximum absolute atomic E-state index is 13.8. The van der Waals surface area contributed by atoms with E-state index in [9.17, 15) is 29.7 Å². The molecule has 1 aliphatic heterocycles. The number of aliphatic hydroxyl groups is 1. The molecule has 3 atom stereocenters. The van der Waals surface area contributed by atoms with Gasteiger partial charge < -0.3 is 30.9 Å². The number of nitrogens with one attached hydrogen (secondary N) is 2. The fraction of sp³-hybridized carbons (Fsp3) is 0.323. The number of aliphatic hydroxyl groups excluding tert-OH is 1. The van der Waals surface area contributed by atoms with Gasteiger partial charge in [0.1, 0.15) is 17.5 Å². The number of para-hydroxylation sites is 1. The number of phenolic OH excluding ortho intramolecular Hbond substituents is 2. The number of phenols is 2. The Labute approximate surface area is 243 Å². The topological polar surface area (TPSA) is 139 Å². The molecular weight excluding hydrogens is 542 g/mol. The molecule has 5 N–H and O–H groups in total. The normalized spacial score (nSPS) is 17.5. The van der Waals surface area contributed by atoms with E-state index in [2.05, 4.69) is 10.6 Å². The third-order valence-corrected chi connectivity index (χ3v) is 8.70. The van der Waals surface area contributed by atoms with Crippen molar-refractivity contribution < 1.29 is 29.7 Å². The molecule has 0 aromatic heterocycles. The Morgan fingerprint density at radius 2 is 1.63 bits per heavy atom. The third-order valence-electron chi connectivity index (χ3n) is 7.32. The lowest BCUT2D eigenvalue weighted by Gasteiger charge is -2.33. The fourth-order valence-corrected chi connectivity index (χ4v) is 6.06. The summed E-state index contributed by atoms with van der Waals surface area (Å²) in [7, 11) is 0. The summed E-state index contributed by atoms with van der Waals surface area (Å²) in [5.74, 6) is -1.45. The van der Waals surface area contributed by atoms with Gasteiger partial charge in [-0.3, -0.25) is 14.4 Å². The zero-order valence-corrected chi connectivity index (χ0v) is 24.0. The van der Waals surface area contributed by atoms with E-state index in [0.717, 1.165) is 5.56 Å². The second kappa shape index (κ2) is 12.7. The highest BCUT2D eigenvalue weighted by atomic mass is 32.2. The molecule has 4 rings (SSSR count). The van der Waals surface area contributed by atoms with Gasteiger partial charge in [0.05, 0.1) is 11.9 Å². The van der Waals surface area contributed by atoms with E-state index in [1.165, 1.54) is 28.8 Å². The number of benzene rings is 3. The lowest BCUT2D eigenvalue weighted by atomic mass is 9.96. The first-order chi connectivity index (χ1) is 19.5. The molecule has 3 aromatic carbocycles. The molecule has 1 heterocycles. The monoisotopic (exact) mass is 577 g/mol. The van der Waals surface area contributed by atoms with E-state index in [-0.39, 0.29) is 35.9 Å². The molecule has 1 saturated heterocycles. The minimum Gasteiger partial charge on any atom is -0.508 e. The van der Waals surface area contributed by atoms with Crippen LogP contribution in [0.25, 0.3) is 0 Å². The molecule has 1 fully saturated rings. The van der Waals surface area contributed by atoms with E-state index in [1.807, 2.05) is 44.2 Å². The molecule has 10 heteroatoms. The number of hydrogen-bond donors (Lipinski definition) is 5. The summed E-state index contributed by atoms with van der Waals surface area (Å²) >= 11 is 1.41. The molecular formula is C31H35N3O6S. The third kappa shape index (κ3) is 6.83. The van der Waals surface area contributed by atoms with Crippen LogP contribution in [0.4, 0.5) is 0 Å². The van der Waals surface area contributed by atoms with Crippen molar-refractivity contribution >= 4 is 29.5 Å². The number of thioether (sulfide) groups is 1. The van der Waals surface area contributed by atoms with Gasteiger partial charge in [-0.2, -0.15) is 0 Å². The predicted molar refractivity (Wildman–Crippen MR) is 157 cm³/mol. The summed E-state index contributed by atoms with van der Waals surface area (Å²) in [6.45, 7) is 5.40. The van der Waals surface area contributed by atoms with Gasteiger partial charge in [-0.25, -0.2) is 0 Å². The van der Waals surface area contributed by atoms with Gasteiger partial charge in [0.15, 0.2) is 6.10 Å². The lowest BCUT2D eigenvalue weighted by molar-refractivity contribution is -0.147. The summed E-state index contributed by atoms with van der Waals surface area (Å²) in [6, 6.07) is 18.5. The van der Waals surface area contributed by atoms with Crippen LogP contribution in [0, 0.1) is 6.92 Å². The van der Waals surface area contributed by atoms with E-state index in [1.54, 1.807) is 37.3 Å². The first-order valence-corrected chi connectivity index (χ1v) is 14.3. The summed E-state index contributed by atoms with van der Waals surface area (Å²) in [5.41, 5.74) is 1.94. The van der Waals surface area contributed by atoms with Crippen molar-refractivity contribution in [3.05, 3.63) is 95.1 Å². The molecule has 1 aliphatic rings. The molecule has 0 spiro atoms. The Morgan fingerprint density at radius 3 is 2.34 bits per heavy atom. The van der Waals surface area contributed by atoms with Gasteiger partial charge in [0.2, 0.25) is 5.91 Å². The van der Waals surface area contributed by atoms with Crippen LogP contribution < -0.4 is 10.6 Å². The Hall–Kier alpha value is -4.02. The summed E-state index contributed by atoms with van der Waals surface area (Å²) in [4.78, 5) is 41.8. The van der Waals surface area contributed by atoms with Gasteiger partial charge in [-0.1, -0.05) is 54.6 Å². The summed E-state index contributed by atoms with van der Waals surface area (Å²) < 4.78 is -0.658. The molecule has 0 unspecified atom stereocenters. The van der Waals surface area contributed by atoms with E-state index in [4.69, 9.17) is 0 Å². The molecule has 0 aliphatic carbocycles. The Bertz CT molecular complexity index is 1410. The van der Waals surface area contributed by atoms with E-state index in [0.29, 0.717) is 11.1 Å². The van der Waals surface area contributed by atoms with Crippen LogP contribution in [0.5, 0.6) is 11.5 Å². The van der Waals surface area contributed by atoms with Crippen molar-refractivity contribution in [3.8, 4) is 11.5 Å². The van der Waals surface area contributed by atoms with Crippen molar-refractivity contribution in [2.24, 2.45) is 0 Å². The number of rotatable bonds is 9. The average Bonchev–Trinajstić information content (AvgIpc) is 3.28. The summed E-state index contributed by atoms with van der Waals surface area (Å²) in [6.07, 6.45) is -1.49. The smallest absolute Gasteiger partial charge is 0.254 e. The number of hydrogen-bond acceptors (Lipinski definition) is 7. The predicted octanol–water partition coefficient (Wildman–Crippen LogP) is 3.10. The zero-order chi connectivity index (χ0) is 29.7. The molecule has 41 heavy (non-hydrogen) atoms. The van der Waals surface area contributed by atoms with Crippen LogP contribution in [-0.2, 0) is 22.6 Å². The van der Waals surface area contributed by atoms with E-state index < -0.39 is 40.7 Å². The Balaban J connectivity index is 1.56. The zero-order valence-electron chi connectivity index (χ0n) is 23.2. The van der Waals surface area contributed by atoms with Crippen LogP contribution in [0.2, 0.25) is 0 Å². The van der Waals surface area contributed by atoms with Crippen LogP contribution in [0.1, 0.15) is 40.9 Å². The maximum atomic E-state index is 13.8. The first-order valence-electron chi connectivity index (χ1n) is 13.3. The standard InChI is InChI=1S/C31H35N3O6S/c1-19-22(13-9-15-24(19)35)28(38)33-23(16-20-10-5-4-6-11-20)26(37)30(40)34-18-41-31(2,3)27(34)29(39)32-17-21-12-7-8-14-25(21)36/h4-15,23,26-27,35-37H,16-18H2,1-3H3,(H,32,39)(H,33,38)/t23-,26-,27+/m0/s1. The van der Waals surface area contributed by atoms with Gasteiger partial charge in [0.25, 0.3) is 11.8 Å². The van der Waals surface area contributed by atoms with Crippen LogP contribution >= 0.6 is 11.8 Å². The number of carbonyl (C=O) groups excluding carboxylic acids is 3. The molecule has 9 nitrogen and oxygen atoms in total. The minimum atomic E-state index is -1.65. The molecule has 3 amide bonds. The number of carbonyl (C=O) groups is 3. The van der Waals surface area contributed by atoms with Crippen LogP contribution in [0.3, 0.4) is 0 Å². The fourth-order valence-electron chi connectivity index (χ4n) is 4.92. The highest BCUT2D eigenvalue weighted by molar-refractivity contribution is 8.00. The quantitative estimate of drug-likeness (QED) is 0.263. The van der Waals surface area contributed by atoms with Crippen LogP contribution in [-0.4, -0.2) is 66.8 Å². The van der Waals surface area contributed by atoms with Crippen molar-refractivity contribution in [1.82, 2.24) is 15.5 Å². The van der Waals surface area contributed by atoms with Crippen molar-refractivity contribution in [2.75, 3.05) is 5.88 Å². The minimum absolute atomic E-state index is 0.0390. The van der Waals surface area contributed by atoms with Crippen molar-refractivity contribution in [1.29, 1.82) is 0 Å². The largest absolute Gasteiger partial charge is 0.508 e. The number of amides is 3. The van der Waals surface area contributed by atoms with Crippen molar-refractivity contribution in [2.45, 2.75) is 56.7 Å². The van der Waals surface area contributed by atoms with Gasteiger partial charge in [-0.15, -0.1) is 11.8 Å². The summed E-state index contributed by atoms with van der Waals surface area (Å²) in [5, 5.41) is 37.2. The van der Waals surface area contributed by atoms with Gasteiger partial charge in [-0.05, 0) is 51.0 Å². The molecule has 216 valence electrons. The number of aromatic hydroxyl groups is 2. The molecule has 3 aromatic rings. The van der Waals surface area contributed by atoms with Crippen molar-refractivity contribution in [3.63, 3.8) is 0 Å². The molecule has 0 saturated carbocycles. The van der Waals surface area contributed by atoms with Gasteiger partial charge >= 0.3 is 0 Å². The maximum Gasteiger partial charge on any atom is 0.254 e. The first kappa shape index (κ1) is 30.0. The molecule has 0 bridgehead atoms.